The number of hydrogen-bond acceptors (Lipinski definition) is 3. The van der Waals surface area contributed by atoms with Crippen LogP contribution in [-0.4, -0.2) is 30.5 Å². The summed E-state index contributed by atoms with van der Waals surface area (Å²) >= 11 is 0. The third kappa shape index (κ3) is 4.08. The summed E-state index contributed by atoms with van der Waals surface area (Å²) in [4.78, 5) is 24.2. The van der Waals surface area contributed by atoms with Gasteiger partial charge in [-0.3, -0.25) is 4.79 Å². The number of nitrogens with zero attached hydrogens (tertiary/aromatic N) is 1. The summed E-state index contributed by atoms with van der Waals surface area (Å²) in [6.45, 7) is 2.81. The molecule has 2 amide bonds. The van der Waals surface area contributed by atoms with Gasteiger partial charge >= 0.3 is 6.09 Å². The van der Waals surface area contributed by atoms with Crippen LogP contribution in [0.25, 0.3) is 0 Å². The van der Waals surface area contributed by atoms with Crippen LogP contribution in [0.1, 0.15) is 30.1 Å². The summed E-state index contributed by atoms with van der Waals surface area (Å²) in [5.74, 6) is 0.282. The standard InChI is InChI=1S/C13H18N2O3/c1-3-4-9-15(2)12(16)10-5-7-11(8-6-10)18-13(14)17/h5-8H,3-4,9H2,1-2H3,(H2,14,17). The molecule has 0 unspecified atom stereocenters. The number of nitrogens with two attached hydrogens (primary N) is 1. The first-order valence-corrected chi connectivity index (χ1v) is 5.87. The van der Waals surface area contributed by atoms with Crippen molar-refractivity contribution in [3.63, 3.8) is 0 Å². The van der Waals surface area contributed by atoms with E-state index in [9.17, 15) is 9.59 Å². The van der Waals surface area contributed by atoms with Crippen LogP contribution in [0.2, 0.25) is 0 Å². The topological polar surface area (TPSA) is 72.6 Å². The van der Waals surface area contributed by atoms with Gasteiger partial charge in [0.1, 0.15) is 5.75 Å². The van der Waals surface area contributed by atoms with Crippen molar-refractivity contribution in [2.75, 3.05) is 13.6 Å². The van der Waals surface area contributed by atoms with Gasteiger partial charge < -0.3 is 15.4 Å². The minimum atomic E-state index is -0.867. The maximum Gasteiger partial charge on any atom is 0.409 e. The van der Waals surface area contributed by atoms with Crippen LogP contribution < -0.4 is 10.5 Å². The second kappa shape index (κ2) is 6.64. The summed E-state index contributed by atoms with van der Waals surface area (Å²) < 4.78 is 4.69. The first-order valence-electron chi connectivity index (χ1n) is 5.87. The Balaban J connectivity index is 2.66. The van der Waals surface area contributed by atoms with E-state index in [-0.39, 0.29) is 5.91 Å². The molecule has 0 aromatic heterocycles. The van der Waals surface area contributed by atoms with Gasteiger partial charge in [0.2, 0.25) is 0 Å². The highest BCUT2D eigenvalue weighted by molar-refractivity contribution is 5.94. The first-order chi connectivity index (χ1) is 8.54. The van der Waals surface area contributed by atoms with Crippen LogP contribution in [0.5, 0.6) is 5.75 Å². The van der Waals surface area contributed by atoms with Crippen molar-refractivity contribution < 1.29 is 14.3 Å². The second-order valence-corrected chi connectivity index (χ2v) is 4.03. The number of primary amides is 1. The fourth-order valence-electron chi connectivity index (χ4n) is 1.50. The molecule has 5 heteroatoms. The number of ether oxygens (including phenoxy) is 1. The van der Waals surface area contributed by atoms with Gasteiger partial charge in [-0.15, -0.1) is 0 Å². The highest BCUT2D eigenvalue weighted by Gasteiger charge is 2.11. The van der Waals surface area contributed by atoms with E-state index in [2.05, 4.69) is 11.7 Å². The van der Waals surface area contributed by atoms with Crippen molar-refractivity contribution in [3.05, 3.63) is 29.8 Å². The summed E-state index contributed by atoms with van der Waals surface area (Å²) in [6.07, 6.45) is 1.16. The summed E-state index contributed by atoms with van der Waals surface area (Å²) in [5, 5.41) is 0. The molecule has 0 bridgehead atoms. The normalized spacial score (nSPS) is 9.89. The lowest BCUT2D eigenvalue weighted by molar-refractivity contribution is 0.0793. The lowest BCUT2D eigenvalue weighted by Gasteiger charge is -2.16. The zero-order valence-electron chi connectivity index (χ0n) is 10.7. The molecular weight excluding hydrogens is 232 g/mol. The Labute approximate surface area is 107 Å². The predicted molar refractivity (Wildman–Crippen MR) is 68.5 cm³/mol. The number of benzene rings is 1. The number of carbonyl (C=O) groups is 2. The maximum absolute atomic E-state index is 12.0. The third-order valence-corrected chi connectivity index (χ3v) is 2.51. The number of amides is 2. The number of carbonyl (C=O) groups excluding carboxylic acids is 2. The van der Waals surface area contributed by atoms with Crippen LogP contribution in [0.15, 0.2) is 24.3 Å². The summed E-state index contributed by atoms with van der Waals surface area (Å²) in [7, 11) is 1.77. The zero-order chi connectivity index (χ0) is 13.5. The highest BCUT2D eigenvalue weighted by Crippen LogP contribution is 2.13. The second-order valence-electron chi connectivity index (χ2n) is 4.03. The predicted octanol–water partition coefficient (Wildman–Crippen LogP) is 2.02. The largest absolute Gasteiger partial charge is 0.411 e. The van der Waals surface area contributed by atoms with E-state index in [1.54, 1.807) is 36.2 Å². The van der Waals surface area contributed by atoms with E-state index in [1.807, 2.05) is 0 Å². The van der Waals surface area contributed by atoms with E-state index >= 15 is 0 Å². The van der Waals surface area contributed by atoms with Gasteiger partial charge in [0.15, 0.2) is 0 Å². The zero-order valence-corrected chi connectivity index (χ0v) is 10.7. The Hall–Kier alpha value is -2.04. The van der Waals surface area contributed by atoms with Gasteiger partial charge in [-0.1, -0.05) is 13.3 Å². The molecule has 1 aromatic rings. The van der Waals surface area contributed by atoms with Crippen molar-refractivity contribution in [2.45, 2.75) is 19.8 Å². The molecule has 0 aliphatic rings. The van der Waals surface area contributed by atoms with E-state index in [0.717, 1.165) is 19.4 Å². The molecule has 98 valence electrons. The lowest BCUT2D eigenvalue weighted by atomic mass is 10.2. The van der Waals surface area contributed by atoms with E-state index in [1.165, 1.54) is 0 Å². The number of unbranched alkanes of at least 4 members (excludes halogenated alkanes) is 1. The van der Waals surface area contributed by atoms with Gasteiger partial charge in [0.05, 0.1) is 0 Å². The maximum atomic E-state index is 12.0. The highest BCUT2D eigenvalue weighted by atomic mass is 16.5. The molecule has 1 aromatic carbocycles. The molecule has 5 nitrogen and oxygen atoms in total. The summed E-state index contributed by atoms with van der Waals surface area (Å²) in [5.41, 5.74) is 5.45. The monoisotopic (exact) mass is 250 g/mol. The van der Waals surface area contributed by atoms with Crippen molar-refractivity contribution in [1.29, 1.82) is 0 Å². The Morgan fingerprint density at radius 3 is 2.39 bits per heavy atom. The molecule has 0 fully saturated rings. The Bertz CT molecular complexity index is 415. The molecule has 1 rings (SSSR count). The lowest BCUT2D eigenvalue weighted by Crippen LogP contribution is -2.27. The average molecular weight is 250 g/mol. The fraction of sp³-hybridized carbons (Fsp3) is 0.385. The molecule has 0 heterocycles. The van der Waals surface area contributed by atoms with E-state index in [0.29, 0.717) is 11.3 Å². The quantitative estimate of drug-likeness (QED) is 0.868. The number of rotatable bonds is 5. The van der Waals surface area contributed by atoms with Crippen LogP contribution in [-0.2, 0) is 0 Å². The smallest absolute Gasteiger partial charge is 0.409 e. The van der Waals surface area contributed by atoms with Crippen LogP contribution in [0.4, 0.5) is 4.79 Å². The Morgan fingerprint density at radius 1 is 1.28 bits per heavy atom. The molecule has 2 N–H and O–H groups in total. The van der Waals surface area contributed by atoms with Crippen molar-refractivity contribution in [2.24, 2.45) is 5.73 Å². The molecule has 0 saturated heterocycles. The van der Waals surface area contributed by atoms with Crippen molar-refractivity contribution in [3.8, 4) is 5.75 Å². The van der Waals surface area contributed by atoms with Crippen LogP contribution in [0, 0.1) is 0 Å². The first kappa shape index (κ1) is 14.0. The van der Waals surface area contributed by atoms with Crippen LogP contribution in [0.3, 0.4) is 0 Å². The van der Waals surface area contributed by atoms with Gasteiger partial charge in [-0.25, -0.2) is 4.79 Å². The summed E-state index contributed by atoms with van der Waals surface area (Å²) in [6, 6.07) is 6.32. The Kier molecular flexibility index (Phi) is 5.17. The molecule has 0 saturated carbocycles. The van der Waals surface area contributed by atoms with Crippen molar-refractivity contribution >= 4 is 12.0 Å². The molecule has 18 heavy (non-hydrogen) atoms. The minimum Gasteiger partial charge on any atom is -0.411 e. The minimum absolute atomic E-state index is 0.0472. The third-order valence-electron chi connectivity index (χ3n) is 2.51. The van der Waals surface area contributed by atoms with Gasteiger partial charge in [-0.2, -0.15) is 0 Å². The molecule has 0 spiro atoms. The SMILES string of the molecule is CCCCN(C)C(=O)c1ccc(OC(N)=O)cc1. The molecule has 0 aliphatic heterocycles. The van der Waals surface area contributed by atoms with Gasteiger partial charge in [0.25, 0.3) is 5.91 Å². The van der Waals surface area contributed by atoms with E-state index < -0.39 is 6.09 Å². The van der Waals surface area contributed by atoms with Crippen molar-refractivity contribution in [1.82, 2.24) is 4.90 Å². The average Bonchev–Trinajstić information content (AvgIpc) is 2.35. The van der Waals surface area contributed by atoms with E-state index in [4.69, 9.17) is 5.73 Å². The fourth-order valence-corrected chi connectivity index (χ4v) is 1.50. The van der Waals surface area contributed by atoms with Gasteiger partial charge in [-0.05, 0) is 30.7 Å². The van der Waals surface area contributed by atoms with Crippen LogP contribution >= 0.6 is 0 Å². The molecule has 0 aliphatic carbocycles. The number of hydrogen-bond donors (Lipinski definition) is 1. The molecule has 0 atom stereocenters. The van der Waals surface area contributed by atoms with Gasteiger partial charge in [0, 0.05) is 19.2 Å². The molecule has 0 radical (unpaired) electrons. The molecular formula is C13H18N2O3. The Morgan fingerprint density at radius 2 is 1.89 bits per heavy atom.